The first-order chi connectivity index (χ1) is 7.81. The Morgan fingerprint density at radius 2 is 2.06 bits per heavy atom. The minimum Gasteiger partial charge on any atom is -0.481 e. The average molecular weight is 220 g/mol. The average Bonchev–Trinajstić information content (AvgIpc) is 2.39. The Morgan fingerprint density at radius 1 is 1.31 bits per heavy atom. The van der Waals surface area contributed by atoms with Crippen molar-refractivity contribution in [1.29, 1.82) is 5.41 Å². The third-order valence-corrected chi connectivity index (χ3v) is 2.77. The van der Waals surface area contributed by atoms with E-state index in [1.165, 1.54) is 12.7 Å². The van der Waals surface area contributed by atoms with Gasteiger partial charge in [0, 0.05) is 19.2 Å². The predicted octanol–water partition coefficient (Wildman–Crippen LogP) is 1.30. The Balaban J connectivity index is 2.12. The van der Waals surface area contributed by atoms with Gasteiger partial charge in [0.1, 0.15) is 17.9 Å². The second-order valence-electron chi connectivity index (χ2n) is 3.84. The molecule has 0 bridgehead atoms. The molecule has 0 radical (unpaired) electrons. The molecule has 5 nitrogen and oxygen atoms in total. The van der Waals surface area contributed by atoms with Crippen molar-refractivity contribution in [2.45, 2.75) is 19.3 Å². The van der Waals surface area contributed by atoms with E-state index in [4.69, 9.17) is 10.1 Å². The molecule has 0 aliphatic carbocycles. The summed E-state index contributed by atoms with van der Waals surface area (Å²) < 4.78 is 5.03. The van der Waals surface area contributed by atoms with E-state index in [2.05, 4.69) is 14.9 Å². The number of rotatable bonds is 2. The Bertz CT molecular complexity index is 374. The van der Waals surface area contributed by atoms with Crippen LogP contribution in [0.5, 0.6) is 5.88 Å². The van der Waals surface area contributed by atoms with Gasteiger partial charge in [0.05, 0.1) is 7.11 Å². The monoisotopic (exact) mass is 220 g/mol. The van der Waals surface area contributed by atoms with E-state index < -0.39 is 0 Å². The summed E-state index contributed by atoms with van der Waals surface area (Å²) in [7, 11) is 1.57. The second-order valence-corrected chi connectivity index (χ2v) is 3.84. The highest BCUT2D eigenvalue weighted by Crippen LogP contribution is 2.13. The Morgan fingerprint density at radius 3 is 2.75 bits per heavy atom. The van der Waals surface area contributed by atoms with Crippen LogP contribution in [0.25, 0.3) is 0 Å². The molecular weight excluding hydrogens is 204 g/mol. The number of hydrogen-bond acceptors (Lipinski definition) is 4. The molecule has 1 fully saturated rings. The third kappa shape index (κ3) is 2.29. The molecule has 1 aromatic heterocycles. The molecule has 0 amide bonds. The van der Waals surface area contributed by atoms with Crippen LogP contribution in [0.2, 0.25) is 0 Å². The van der Waals surface area contributed by atoms with Gasteiger partial charge in [0.25, 0.3) is 0 Å². The molecule has 0 saturated carbocycles. The number of amidine groups is 1. The lowest BCUT2D eigenvalue weighted by Crippen LogP contribution is -2.36. The number of hydrogen-bond donors (Lipinski definition) is 1. The van der Waals surface area contributed by atoms with Crippen LogP contribution in [0, 0.1) is 5.41 Å². The van der Waals surface area contributed by atoms with E-state index in [-0.39, 0.29) is 0 Å². The van der Waals surface area contributed by atoms with Crippen molar-refractivity contribution in [2.75, 3.05) is 20.2 Å². The van der Waals surface area contributed by atoms with Crippen LogP contribution in [0.15, 0.2) is 12.4 Å². The van der Waals surface area contributed by atoms with Crippen molar-refractivity contribution < 1.29 is 4.74 Å². The Hall–Kier alpha value is -1.65. The van der Waals surface area contributed by atoms with Crippen LogP contribution in [-0.2, 0) is 0 Å². The summed E-state index contributed by atoms with van der Waals surface area (Å²) in [6.07, 6.45) is 5.01. The standard InChI is InChI=1S/C11H16N4O/c1-16-10-7-9(13-8-14-10)11(12)15-5-3-2-4-6-15/h7-8,12H,2-6H2,1H3. The zero-order chi connectivity index (χ0) is 11.4. The molecule has 0 atom stereocenters. The van der Waals surface area contributed by atoms with E-state index in [0.717, 1.165) is 25.9 Å². The molecule has 2 rings (SSSR count). The van der Waals surface area contributed by atoms with E-state index in [0.29, 0.717) is 17.4 Å². The van der Waals surface area contributed by atoms with Gasteiger partial charge in [-0.05, 0) is 19.3 Å². The molecule has 1 aromatic rings. The van der Waals surface area contributed by atoms with Crippen LogP contribution < -0.4 is 4.74 Å². The summed E-state index contributed by atoms with van der Waals surface area (Å²) in [5, 5.41) is 8.08. The molecule has 0 aromatic carbocycles. The van der Waals surface area contributed by atoms with Gasteiger partial charge in [-0.25, -0.2) is 9.97 Å². The lowest BCUT2D eigenvalue weighted by Gasteiger charge is -2.28. The number of piperidine rings is 1. The van der Waals surface area contributed by atoms with Crippen molar-refractivity contribution in [2.24, 2.45) is 0 Å². The van der Waals surface area contributed by atoms with Crippen LogP contribution >= 0.6 is 0 Å². The van der Waals surface area contributed by atoms with E-state index >= 15 is 0 Å². The highest BCUT2D eigenvalue weighted by atomic mass is 16.5. The zero-order valence-electron chi connectivity index (χ0n) is 9.44. The van der Waals surface area contributed by atoms with Gasteiger partial charge in [0.2, 0.25) is 5.88 Å². The maximum absolute atomic E-state index is 8.08. The van der Waals surface area contributed by atoms with Crippen molar-refractivity contribution in [3.63, 3.8) is 0 Å². The highest BCUT2D eigenvalue weighted by Gasteiger charge is 2.16. The molecule has 1 saturated heterocycles. The first-order valence-electron chi connectivity index (χ1n) is 5.51. The van der Waals surface area contributed by atoms with Crippen LogP contribution in [-0.4, -0.2) is 40.9 Å². The molecule has 5 heteroatoms. The quantitative estimate of drug-likeness (QED) is 0.602. The van der Waals surface area contributed by atoms with Gasteiger partial charge >= 0.3 is 0 Å². The SMILES string of the molecule is COc1cc(C(=N)N2CCCCC2)ncn1. The number of nitrogens with zero attached hydrogens (tertiary/aromatic N) is 3. The van der Waals surface area contributed by atoms with Gasteiger partial charge in [0.15, 0.2) is 0 Å². The molecule has 2 heterocycles. The van der Waals surface area contributed by atoms with E-state index in [1.807, 2.05) is 0 Å². The summed E-state index contributed by atoms with van der Waals surface area (Å²) in [6.45, 7) is 1.90. The van der Waals surface area contributed by atoms with Crippen molar-refractivity contribution in [1.82, 2.24) is 14.9 Å². The molecule has 86 valence electrons. The Kier molecular flexibility index (Phi) is 3.34. The minimum atomic E-state index is 0.473. The fourth-order valence-corrected chi connectivity index (χ4v) is 1.86. The van der Waals surface area contributed by atoms with Gasteiger partial charge in [-0.3, -0.25) is 5.41 Å². The summed E-state index contributed by atoms with van der Waals surface area (Å²) in [5.41, 5.74) is 0.633. The largest absolute Gasteiger partial charge is 0.481 e. The van der Waals surface area contributed by atoms with E-state index in [1.54, 1.807) is 13.2 Å². The molecule has 1 N–H and O–H groups in total. The zero-order valence-corrected chi connectivity index (χ0v) is 9.44. The number of likely N-dealkylation sites (tertiary alicyclic amines) is 1. The number of aromatic nitrogens is 2. The van der Waals surface area contributed by atoms with Crippen molar-refractivity contribution in [3.8, 4) is 5.88 Å². The smallest absolute Gasteiger partial charge is 0.216 e. The van der Waals surface area contributed by atoms with Crippen LogP contribution in [0.1, 0.15) is 25.0 Å². The van der Waals surface area contributed by atoms with Crippen LogP contribution in [0.4, 0.5) is 0 Å². The normalized spacial score (nSPS) is 15.9. The fraction of sp³-hybridized carbons (Fsp3) is 0.545. The second kappa shape index (κ2) is 4.92. The lowest BCUT2D eigenvalue weighted by atomic mass is 10.1. The molecule has 1 aliphatic rings. The topological polar surface area (TPSA) is 62.1 Å². The van der Waals surface area contributed by atoms with Crippen molar-refractivity contribution >= 4 is 5.84 Å². The summed E-state index contributed by atoms with van der Waals surface area (Å²) in [4.78, 5) is 10.1. The summed E-state index contributed by atoms with van der Waals surface area (Å²) in [6, 6.07) is 1.71. The number of ether oxygens (including phenoxy) is 1. The van der Waals surface area contributed by atoms with Gasteiger partial charge in [-0.15, -0.1) is 0 Å². The fourth-order valence-electron chi connectivity index (χ4n) is 1.86. The van der Waals surface area contributed by atoms with Gasteiger partial charge in [-0.2, -0.15) is 0 Å². The molecule has 1 aliphatic heterocycles. The number of nitrogens with one attached hydrogen (secondary N) is 1. The number of methoxy groups -OCH3 is 1. The molecule has 0 unspecified atom stereocenters. The lowest BCUT2D eigenvalue weighted by molar-refractivity contribution is 0.340. The van der Waals surface area contributed by atoms with Crippen LogP contribution in [0.3, 0.4) is 0 Å². The molecular formula is C11H16N4O. The first-order valence-corrected chi connectivity index (χ1v) is 5.51. The maximum Gasteiger partial charge on any atom is 0.216 e. The highest BCUT2D eigenvalue weighted by molar-refractivity contribution is 5.94. The van der Waals surface area contributed by atoms with Gasteiger partial charge in [-0.1, -0.05) is 0 Å². The molecule has 16 heavy (non-hydrogen) atoms. The van der Waals surface area contributed by atoms with Crippen molar-refractivity contribution in [3.05, 3.63) is 18.1 Å². The predicted molar refractivity (Wildman–Crippen MR) is 60.8 cm³/mol. The van der Waals surface area contributed by atoms with E-state index in [9.17, 15) is 0 Å². The third-order valence-electron chi connectivity index (χ3n) is 2.77. The minimum absolute atomic E-state index is 0.473. The Labute approximate surface area is 95.0 Å². The summed E-state index contributed by atoms with van der Waals surface area (Å²) >= 11 is 0. The summed E-state index contributed by atoms with van der Waals surface area (Å²) in [5.74, 6) is 0.979. The molecule has 0 spiro atoms. The first kappa shape index (κ1) is 10.9. The van der Waals surface area contributed by atoms with Gasteiger partial charge < -0.3 is 9.64 Å². The maximum atomic E-state index is 8.08.